The van der Waals surface area contributed by atoms with Crippen molar-refractivity contribution in [3.63, 3.8) is 0 Å². The fraction of sp³-hybridized carbons (Fsp3) is 0.462. The number of hydrogen-bond acceptors (Lipinski definition) is 4. The molecule has 0 bridgehead atoms. The molecule has 0 aliphatic heterocycles. The molecule has 19 heavy (non-hydrogen) atoms. The van der Waals surface area contributed by atoms with Crippen molar-refractivity contribution in [3.05, 3.63) is 29.3 Å². The van der Waals surface area contributed by atoms with Gasteiger partial charge in [-0.25, -0.2) is 8.78 Å². The summed E-state index contributed by atoms with van der Waals surface area (Å²) in [5, 5.41) is 8.98. The number of ether oxygens (including phenoxy) is 2. The Morgan fingerprint density at radius 1 is 1.26 bits per heavy atom. The fourth-order valence-corrected chi connectivity index (χ4v) is 1.46. The zero-order valence-electron chi connectivity index (χ0n) is 10.6. The molecular weight excluding hydrogens is 258 g/mol. The number of carbonyl (C=O) groups is 1. The van der Waals surface area contributed by atoms with Crippen LogP contribution < -0.4 is 4.74 Å². The Morgan fingerprint density at radius 3 is 2.58 bits per heavy atom. The zero-order valence-corrected chi connectivity index (χ0v) is 10.6. The topological polar surface area (TPSA) is 55.8 Å². The lowest BCUT2D eigenvalue weighted by Crippen LogP contribution is -2.06. The molecule has 0 radical (unpaired) electrons. The molecule has 0 atom stereocenters. The summed E-state index contributed by atoms with van der Waals surface area (Å²) in [7, 11) is 0. The largest absolute Gasteiger partial charge is 0.493 e. The SMILES string of the molecule is CC(=O)OCCCCOc1ccc(F)c(F)c1CO. The van der Waals surface area contributed by atoms with Gasteiger partial charge in [0, 0.05) is 6.92 Å². The van der Waals surface area contributed by atoms with Crippen LogP contribution in [0, 0.1) is 11.6 Å². The summed E-state index contributed by atoms with van der Waals surface area (Å²) in [5.74, 6) is -2.34. The number of benzene rings is 1. The van der Waals surface area contributed by atoms with Crippen molar-refractivity contribution in [3.8, 4) is 5.75 Å². The molecule has 6 heteroatoms. The van der Waals surface area contributed by atoms with E-state index in [0.717, 1.165) is 6.07 Å². The Hall–Kier alpha value is -1.69. The van der Waals surface area contributed by atoms with E-state index in [1.54, 1.807) is 0 Å². The Balaban J connectivity index is 2.41. The third kappa shape index (κ3) is 4.82. The van der Waals surface area contributed by atoms with Gasteiger partial charge in [0.25, 0.3) is 0 Å². The van der Waals surface area contributed by atoms with E-state index in [0.29, 0.717) is 19.4 Å². The molecule has 1 aromatic rings. The van der Waals surface area contributed by atoms with Crippen molar-refractivity contribution < 1.29 is 28.2 Å². The van der Waals surface area contributed by atoms with Gasteiger partial charge >= 0.3 is 5.97 Å². The highest BCUT2D eigenvalue weighted by Gasteiger charge is 2.13. The number of carbonyl (C=O) groups excluding carboxylic acids is 1. The molecule has 0 spiro atoms. The maximum atomic E-state index is 13.3. The zero-order chi connectivity index (χ0) is 14.3. The Bertz CT molecular complexity index is 435. The predicted octanol–water partition coefficient (Wildman–Crippen LogP) is 2.18. The molecule has 1 rings (SSSR count). The molecule has 0 heterocycles. The number of esters is 1. The van der Waals surface area contributed by atoms with Crippen molar-refractivity contribution in [2.24, 2.45) is 0 Å². The third-order valence-electron chi connectivity index (χ3n) is 2.41. The Morgan fingerprint density at radius 2 is 1.95 bits per heavy atom. The molecule has 1 aromatic carbocycles. The van der Waals surface area contributed by atoms with Gasteiger partial charge in [0.1, 0.15) is 5.75 Å². The summed E-state index contributed by atoms with van der Waals surface area (Å²) in [6.45, 7) is 1.25. The van der Waals surface area contributed by atoms with Gasteiger partial charge in [-0.1, -0.05) is 0 Å². The van der Waals surface area contributed by atoms with Crippen molar-refractivity contribution in [1.82, 2.24) is 0 Å². The molecule has 106 valence electrons. The maximum absolute atomic E-state index is 13.3. The summed E-state index contributed by atoms with van der Waals surface area (Å²) in [6, 6.07) is 2.22. The van der Waals surface area contributed by atoms with Crippen molar-refractivity contribution in [2.45, 2.75) is 26.4 Å². The summed E-state index contributed by atoms with van der Waals surface area (Å²) in [6.07, 6.45) is 1.20. The van der Waals surface area contributed by atoms with Crippen LogP contribution in [0.25, 0.3) is 0 Å². The number of hydrogen-bond donors (Lipinski definition) is 1. The smallest absolute Gasteiger partial charge is 0.302 e. The predicted molar refractivity (Wildman–Crippen MR) is 63.6 cm³/mol. The van der Waals surface area contributed by atoms with Gasteiger partial charge in [-0.2, -0.15) is 0 Å². The Kier molecular flexibility index (Phi) is 6.21. The summed E-state index contributed by atoms with van der Waals surface area (Å²) in [4.78, 5) is 10.5. The third-order valence-corrected chi connectivity index (χ3v) is 2.41. The monoisotopic (exact) mass is 274 g/mol. The van der Waals surface area contributed by atoms with E-state index in [1.807, 2.05) is 0 Å². The number of unbranched alkanes of at least 4 members (excludes halogenated alkanes) is 1. The van der Waals surface area contributed by atoms with E-state index in [1.165, 1.54) is 13.0 Å². The number of aliphatic hydroxyl groups excluding tert-OH is 1. The van der Waals surface area contributed by atoms with Crippen LogP contribution in [0.2, 0.25) is 0 Å². The first kappa shape index (κ1) is 15.4. The van der Waals surface area contributed by atoms with Gasteiger partial charge in [-0.05, 0) is 25.0 Å². The number of rotatable bonds is 7. The molecule has 1 N–H and O–H groups in total. The fourth-order valence-electron chi connectivity index (χ4n) is 1.46. The lowest BCUT2D eigenvalue weighted by molar-refractivity contribution is -0.141. The van der Waals surface area contributed by atoms with E-state index < -0.39 is 18.2 Å². The number of aliphatic hydroxyl groups is 1. The van der Waals surface area contributed by atoms with Gasteiger partial charge in [0.15, 0.2) is 11.6 Å². The minimum atomic E-state index is -1.10. The van der Waals surface area contributed by atoms with Crippen LogP contribution >= 0.6 is 0 Å². The van der Waals surface area contributed by atoms with Crippen molar-refractivity contribution in [2.75, 3.05) is 13.2 Å². The molecule has 0 aliphatic carbocycles. The van der Waals surface area contributed by atoms with Crippen molar-refractivity contribution >= 4 is 5.97 Å². The molecule has 0 aromatic heterocycles. The van der Waals surface area contributed by atoms with Gasteiger partial charge in [-0.15, -0.1) is 0 Å². The van der Waals surface area contributed by atoms with Gasteiger partial charge < -0.3 is 14.6 Å². The molecular formula is C13H16F2O4. The van der Waals surface area contributed by atoms with Gasteiger partial charge in [-0.3, -0.25) is 4.79 Å². The van der Waals surface area contributed by atoms with Crippen LogP contribution in [-0.4, -0.2) is 24.3 Å². The molecule has 4 nitrogen and oxygen atoms in total. The first-order valence-corrected chi connectivity index (χ1v) is 5.90. The van der Waals surface area contributed by atoms with Crippen LogP contribution in [0.4, 0.5) is 8.78 Å². The van der Waals surface area contributed by atoms with Crippen LogP contribution in [0.3, 0.4) is 0 Å². The quantitative estimate of drug-likeness (QED) is 0.611. The summed E-state index contributed by atoms with van der Waals surface area (Å²) >= 11 is 0. The second-order valence-electron chi connectivity index (χ2n) is 3.89. The van der Waals surface area contributed by atoms with E-state index in [2.05, 4.69) is 0 Å². The van der Waals surface area contributed by atoms with Gasteiger partial charge in [0.05, 0.1) is 25.4 Å². The lowest BCUT2D eigenvalue weighted by atomic mass is 10.2. The average molecular weight is 274 g/mol. The van der Waals surface area contributed by atoms with E-state index in [-0.39, 0.29) is 23.9 Å². The molecule has 0 saturated carbocycles. The molecule has 0 aliphatic rings. The normalized spacial score (nSPS) is 10.3. The standard InChI is InChI=1S/C13H16F2O4/c1-9(17)18-6-2-3-7-19-12-5-4-11(14)13(15)10(12)8-16/h4-5,16H,2-3,6-8H2,1H3. The molecule has 0 fully saturated rings. The van der Waals surface area contributed by atoms with Crippen LogP contribution in [0.1, 0.15) is 25.3 Å². The minimum Gasteiger partial charge on any atom is -0.493 e. The Labute approximate surface area is 109 Å². The van der Waals surface area contributed by atoms with Gasteiger partial charge in [0.2, 0.25) is 0 Å². The molecule has 0 saturated heterocycles. The van der Waals surface area contributed by atoms with Crippen molar-refractivity contribution in [1.29, 1.82) is 0 Å². The summed E-state index contributed by atoms with van der Waals surface area (Å²) < 4.78 is 36.2. The summed E-state index contributed by atoms with van der Waals surface area (Å²) in [5.41, 5.74) is -0.194. The van der Waals surface area contributed by atoms with E-state index in [4.69, 9.17) is 14.6 Å². The highest BCUT2D eigenvalue weighted by molar-refractivity contribution is 5.65. The molecule has 0 unspecified atom stereocenters. The minimum absolute atomic E-state index is 0.119. The second-order valence-corrected chi connectivity index (χ2v) is 3.89. The second kappa shape index (κ2) is 7.68. The van der Waals surface area contributed by atoms with Crippen LogP contribution in [0.5, 0.6) is 5.75 Å². The number of halogens is 2. The first-order valence-electron chi connectivity index (χ1n) is 5.90. The highest BCUT2D eigenvalue weighted by Crippen LogP contribution is 2.24. The molecule has 0 amide bonds. The maximum Gasteiger partial charge on any atom is 0.302 e. The van der Waals surface area contributed by atoms with Crippen LogP contribution in [0.15, 0.2) is 12.1 Å². The first-order chi connectivity index (χ1) is 9.06. The average Bonchev–Trinajstić information content (AvgIpc) is 2.37. The van der Waals surface area contributed by atoms with E-state index in [9.17, 15) is 13.6 Å². The lowest BCUT2D eigenvalue weighted by Gasteiger charge is -2.11. The van der Waals surface area contributed by atoms with E-state index >= 15 is 0 Å². The van der Waals surface area contributed by atoms with Crippen LogP contribution in [-0.2, 0) is 16.1 Å². The highest BCUT2D eigenvalue weighted by atomic mass is 19.2.